The molecule has 0 spiro atoms. The van der Waals surface area contributed by atoms with Gasteiger partial charge in [-0.3, -0.25) is 0 Å². The Balaban J connectivity index is 0. The first-order valence-electron chi connectivity index (χ1n) is 12.5. The Kier molecular flexibility index (Phi) is 22.5. The first-order valence-corrected chi connectivity index (χ1v) is 14.0. The van der Waals surface area contributed by atoms with E-state index in [2.05, 4.69) is 20.8 Å². The monoisotopic (exact) mass is 474 g/mol. The van der Waals surface area contributed by atoms with Crippen molar-refractivity contribution in [3.05, 3.63) is 0 Å². The zero-order chi connectivity index (χ0) is 21.1. The van der Waals surface area contributed by atoms with E-state index in [4.69, 9.17) is 0 Å². The van der Waals surface area contributed by atoms with Gasteiger partial charge in [-0.1, -0.05) is 138 Å². The third kappa shape index (κ3) is 16.0. The van der Waals surface area contributed by atoms with Crippen LogP contribution in [0.25, 0.3) is 0 Å². The molecular weight excluding hydrogens is 426 g/mol. The van der Waals surface area contributed by atoms with E-state index in [1.54, 1.807) is 0 Å². The van der Waals surface area contributed by atoms with Gasteiger partial charge >= 0.3 is 16.5 Å². The number of hydrogen-bond acceptors (Lipinski definition) is 3. The summed E-state index contributed by atoms with van der Waals surface area (Å²) in [6.45, 7) is 6.59. The van der Waals surface area contributed by atoms with Crippen molar-refractivity contribution in [3.8, 4) is 0 Å². The van der Waals surface area contributed by atoms with Gasteiger partial charge in [-0.2, -0.15) is 0 Å². The van der Waals surface area contributed by atoms with Crippen LogP contribution >= 0.6 is 7.60 Å². The third-order valence-corrected chi connectivity index (χ3v) is 8.15. The molecule has 0 N–H and O–H groups in total. The van der Waals surface area contributed by atoms with Crippen LogP contribution in [-0.4, -0.2) is 5.16 Å². The Morgan fingerprint density at radius 3 is 1.00 bits per heavy atom. The molecule has 0 heterocycles. The molecule has 178 valence electrons. The van der Waals surface area contributed by atoms with Crippen LogP contribution in [0.4, 0.5) is 0 Å². The smallest absolute Gasteiger partial charge is 0.810 e. The molecule has 0 aromatic rings. The fraction of sp³-hybridized carbons (Fsp3) is 1.00. The van der Waals surface area contributed by atoms with Crippen molar-refractivity contribution in [1.82, 2.24) is 0 Å². The number of unbranched alkanes of at least 4 members (excludes halogenated alkanes) is 14. The summed E-state index contributed by atoms with van der Waals surface area (Å²) in [6, 6.07) is 0. The third-order valence-electron chi connectivity index (χ3n) is 6.32. The minimum absolute atomic E-state index is 0. The average molecular weight is 475 g/mol. The Morgan fingerprint density at radius 1 is 0.517 bits per heavy atom. The molecule has 0 bridgehead atoms. The molecule has 29 heavy (non-hydrogen) atoms. The van der Waals surface area contributed by atoms with Crippen molar-refractivity contribution < 1.29 is 30.8 Å². The van der Waals surface area contributed by atoms with E-state index in [0.29, 0.717) is 19.3 Å². The molecule has 0 atom stereocenters. The average Bonchev–Trinajstić information content (AvgIpc) is 2.65. The molecule has 3 nitrogen and oxygen atoms in total. The largest absolute Gasteiger partial charge is 2.00 e. The topological polar surface area (TPSA) is 63.2 Å². The van der Waals surface area contributed by atoms with E-state index in [0.717, 1.165) is 44.9 Å². The van der Waals surface area contributed by atoms with Gasteiger partial charge in [-0.15, -0.1) is 0 Å². The van der Waals surface area contributed by atoms with Crippen LogP contribution in [0.15, 0.2) is 0 Å². The van der Waals surface area contributed by atoms with E-state index >= 15 is 0 Å². The summed E-state index contributed by atoms with van der Waals surface area (Å²) in [5.74, 6) is 0. The van der Waals surface area contributed by atoms with Gasteiger partial charge in [0.25, 0.3) is 0 Å². The fourth-order valence-electron chi connectivity index (χ4n) is 4.31. The predicted octanol–water partition coefficient (Wildman–Crippen LogP) is 7.50. The molecule has 0 saturated heterocycles. The zero-order valence-corrected chi connectivity index (χ0v) is 21.5. The standard InChI is InChI=1S/C24H51O3P.Ni/c1-4-7-10-13-16-19-22-24(28(25,26)27,21-18-15-12-9-6-3)23-20-17-14-11-8-5-2;/h4-23H2,1-3H3,(H2,25,26,27);/q;+2/p-2. The number of rotatable bonds is 21. The van der Waals surface area contributed by atoms with Crippen LogP contribution in [0.5, 0.6) is 0 Å². The van der Waals surface area contributed by atoms with Gasteiger partial charge in [-0.05, 0) is 24.4 Å². The van der Waals surface area contributed by atoms with Crippen molar-refractivity contribution in [2.24, 2.45) is 0 Å². The molecule has 0 radical (unpaired) electrons. The van der Waals surface area contributed by atoms with Crippen molar-refractivity contribution in [3.63, 3.8) is 0 Å². The summed E-state index contributed by atoms with van der Waals surface area (Å²) in [5.41, 5.74) is 0. The van der Waals surface area contributed by atoms with Gasteiger partial charge in [0.05, 0.1) is 0 Å². The Hall–Kier alpha value is 0.644. The molecule has 0 fully saturated rings. The Bertz CT molecular complexity index is 368. The first kappa shape index (κ1) is 31.8. The van der Waals surface area contributed by atoms with Crippen LogP contribution < -0.4 is 9.79 Å². The van der Waals surface area contributed by atoms with E-state index in [1.807, 2.05) is 0 Å². The summed E-state index contributed by atoms with van der Waals surface area (Å²) in [5, 5.41) is -0.977. The predicted molar refractivity (Wildman–Crippen MR) is 120 cm³/mol. The second-order valence-electron chi connectivity index (χ2n) is 8.92. The molecule has 0 aliphatic heterocycles. The molecule has 0 aliphatic rings. The van der Waals surface area contributed by atoms with Crippen molar-refractivity contribution >= 4 is 7.60 Å². The second-order valence-corrected chi connectivity index (χ2v) is 10.9. The molecule has 0 rings (SSSR count). The molecule has 0 aliphatic carbocycles. The van der Waals surface area contributed by atoms with E-state index in [1.165, 1.54) is 64.2 Å². The fourth-order valence-corrected chi connectivity index (χ4v) is 5.61. The van der Waals surface area contributed by atoms with Gasteiger partial charge in [0.2, 0.25) is 0 Å². The summed E-state index contributed by atoms with van der Waals surface area (Å²) in [7, 11) is -4.59. The second kappa shape index (κ2) is 20.5. The first-order chi connectivity index (χ1) is 13.4. The van der Waals surface area contributed by atoms with E-state index in [9.17, 15) is 14.4 Å². The Labute approximate surface area is 192 Å². The Morgan fingerprint density at radius 2 is 0.759 bits per heavy atom. The van der Waals surface area contributed by atoms with Crippen LogP contribution in [0.1, 0.15) is 149 Å². The normalized spacial score (nSPS) is 12.2. The SMILES string of the molecule is CCCCCCCCC(CCCCCCC)(CCCCCCCC)P(=O)([O-])[O-].[Ni+2]. The molecular formula is C24H49NiO3P. The van der Waals surface area contributed by atoms with E-state index in [-0.39, 0.29) is 16.5 Å². The molecule has 0 aromatic carbocycles. The van der Waals surface area contributed by atoms with Crippen molar-refractivity contribution in [2.45, 2.75) is 154 Å². The van der Waals surface area contributed by atoms with Crippen molar-refractivity contribution in [1.29, 1.82) is 0 Å². The van der Waals surface area contributed by atoms with Gasteiger partial charge in [-0.25, -0.2) is 0 Å². The van der Waals surface area contributed by atoms with Gasteiger partial charge in [0.1, 0.15) is 0 Å². The van der Waals surface area contributed by atoms with Crippen LogP contribution in [0, 0.1) is 0 Å². The maximum Gasteiger partial charge on any atom is 2.00 e. The van der Waals surface area contributed by atoms with Gasteiger partial charge < -0.3 is 14.4 Å². The number of hydrogen-bond donors (Lipinski definition) is 0. The molecule has 0 saturated carbocycles. The minimum atomic E-state index is -4.59. The van der Waals surface area contributed by atoms with Crippen LogP contribution in [-0.2, 0) is 21.1 Å². The summed E-state index contributed by atoms with van der Waals surface area (Å²) >= 11 is 0. The quantitative estimate of drug-likeness (QED) is 0.0981. The molecule has 0 amide bonds. The molecule has 0 unspecified atom stereocenters. The zero-order valence-electron chi connectivity index (χ0n) is 19.6. The van der Waals surface area contributed by atoms with Crippen LogP contribution in [0.2, 0.25) is 0 Å². The summed E-state index contributed by atoms with van der Waals surface area (Å²) in [4.78, 5) is 24.8. The molecule has 5 heteroatoms. The van der Waals surface area contributed by atoms with Crippen molar-refractivity contribution in [2.75, 3.05) is 0 Å². The summed E-state index contributed by atoms with van der Waals surface area (Å²) < 4.78 is 12.4. The van der Waals surface area contributed by atoms with Gasteiger partial charge in [0, 0.05) is 0 Å². The van der Waals surface area contributed by atoms with E-state index < -0.39 is 12.8 Å². The molecule has 0 aromatic heterocycles. The maximum absolute atomic E-state index is 12.4. The summed E-state index contributed by atoms with van der Waals surface area (Å²) in [6.07, 6.45) is 20.9. The van der Waals surface area contributed by atoms with Gasteiger partial charge in [0.15, 0.2) is 0 Å². The maximum atomic E-state index is 12.4. The minimum Gasteiger partial charge on any atom is -0.810 e. The van der Waals surface area contributed by atoms with Crippen LogP contribution in [0.3, 0.4) is 0 Å².